The highest BCUT2D eigenvalue weighted by molar-refractivity contribution is 6.03. The quantitative estimate of drug-likeness (QED) is 0.309. The Bertz CT molecular complexity index is 1480. The summed E-state index contributed by atoms with van der Waals surface area (Å²) in [5.41, 5.74) is 2.48. The van der Waals surface area contributed by atoms with Crippen LogP contribution >= 0.6 is 0 Å². The van der Waals surface area contributed by atoms with Crippen LogP contribution in [0.5, 0.6) is 17.2 Å². The monoisotopic (exact) mass is 494 g/mol. The van der Waals surface area contributed by atoms with Gasteiger partial charge < -0.3 is 25.0 Å². The summed E-state index contributed by atoms with van der Waals surface area (Å²) < 4.78 is 11.3. The number of anilines is 3. The van der Waals surface area contributed by atoms with Gasteiger partial charge in [0.2, 0.25) is 5.91 Å². The SMILES string of the molecule is COc1cc2ncnc(Nc3ccc(Oc4cccc(C#N)c4)cc3)c2cc1NC(=O)/C=C/CN(C)C. The summed E-state index contributed by atoms with van der Waals surface area (Å²) in [4.78, 5) is 23.1. The van der Waals surface area contributed by atoms with Gasteiger partial charge in [0.15, 0.2) is 0 Å². The van der Waals surface area contributed by atoms with E-state index in [4.69, 9.17) is 14.7 Å². The van der Waals surface area contributed by atoms with E-state index in [1.165, 1.54) is 12.4 Å². The van der Waals surface area contributed by atoms with Crippen LogP contribution in [0.15, 0.2) is 79.1 Å². The van der Waals surface area contributed by atoms with Crippen LogP contribution in [0, 0.1) is 11.3 Å². The Labute approximate surface area is 215 Å². The van der Waals surface area contributed by atoms with Gasteiger partial charge in [0.1, 0.15) is 29.4 Å². The summed E-state index contributed by atoms with van der Waals surface area (Å²) in [6, 6.07) is 20.0. The standard InChI is InChI=1S/C28H26N6O3/c1-34(2)13-5-8-27(35)33-25-15-23-24(16-26(25)36-3)30-18-31-28(23)32-20-9-11-21(12-10-20)37-22-7-4-6-19(14-22)17-29/h4-12,14-16,18H,13H2,1-3H3,(H,33,35)(H,30,31,32)/b8-5+. The topological polar surface area (TPSA) is 112 Å². The summed E-state index contributed by atoms with van der Waals surface area (Å²) in [7, 11) is 5.40. The number of nitrogens with one attached hydrogen (secondary N) is 2. The molecular weight excluding hydrogens is 468 g/mol. The molecule has 0 atom stereocenters. The lowest BCUT2D eigenvalue weighted by atomic mass is 10.1. The molecule has 9 heteroatoms. The maximum Gasteiger partial charge on any atom is 0.248 e. The molecule has 3 aromatic carbocycles. The number of hydrogen-bond donors (Lipinski definition) is 2. The van der Waals surface area contributed by atoms with Gasteiger partial charge in [-0.1, -0.05) is 12.1 Å². The van der Waals surface area contributed by atoms with Crippen molar-refractivity contribution in [1.82, 2.24) is 14.9 Å². The third kappa shape index (κ3) is 6.60. The summed E-state index contributed by atoms with van der Waals surface area (Å²) in [5.74, 6) is 2.02. The fourth-order valence-corrected chi connectivity index (χ4v) is 3.50. The minimum atomic E-state index is -0.262. The van der Waals surface area contributed by atoms with E-state index in [0.717, 1.165) is 5.69 Å². The molecule has 0 spiro atoms. The van der Waals surface area contributed by atoms with Crippen molar-refractivity contribution in [3.8, 4) is 23.3 Å². The number of rotatable bonds is 9. The van der Waals surface area contributed by atoms with E-state index in [1.807, 2.05) is 43.3 Å². The van der Waals surface area contributed by atoms with Crippen LogP contribution in [0.1, 0.15) is 5.56 Å². The van der Waals surface area contributed by atoms with Crippen molar-refractivity contribution in [2.75, 3.05) is 38.4 Å². The van der Waals surface area contributed by atoms with E-state index in [1.54, 1.807) is 49.6 Å². The zero-order valence-electron chi connectivity index (χ0n) is 20.7. The van der Waals surface area contributed by atoms with Crippen molar-refractivity contribution in [3.63, 3.8) is 0 Å². The van der Waals surface area contributed by atoms with E-state index in [2.05, 4.69) is 26.7 Å². The van der Waals surface area contributed by atoms with Gasteiger partial charge in [-0.3, -0.25) is 4.79 Å². The normalized spacial score (nSPS) is 10.9. The van der Waals surface area contributed by atoms with Gasteiger partial charge in [0, 0.05) is 29.8 Å². The van der Waals surface area contributed by atoms with Crippen LogP contribution in [-0.2, 0) is 4.79 Å². The predicted octanol–water partition coefficient (Wildman–Crippen LogP) is 5.10. The summed E-state index contributed by atoms with van der Waals surface area (Å²) in [6.07, 6.45) is 4.74. The first-order chi connectivity index (χ1) is 17.9. The molecule has 0 bridgehead atoms. The number of amides is 1. The predicted molar refractivity (Wildman–Crippen MR) is 143 cm³/mol. The molecule has 0 aliphatic heterocycles. The molecule has 1 aromatic heterocycles. The first-order valence-corrected chi connectivity index (χ1v) is 11.5. The molecule has 0 unspecified atom stereocenters. The third-order valence-electron chi connectivity index (χ3n) is 5.27. The molecule has 37 heavy (non-hydrogen) atoms. The zero-order valence-corrected chi connectivity index (χ0v) is 20.7. The van der Waals surface area contributed by atoms with Gasteiger partial charge in [0.25, 0.3) is 0 Å². The number of nitriles is 1. The summed E-state index contributed by atoms with van der Waals surface area (Å²) in [6.45, 7) is 0.653. The Hall–Kier alpha value is -4.94. The second kappa shape index (κ2) is 11.7. The Morgan fingerprint density at radius 2 is 1.89 bits per heavy atom. The molecule has 9 nitrogen and oxygen atoms in total. The van der Waals surface area contributed by atoms with Gasteiger partial charge in [-0.05, 0) is 62.6 Å². The number of carbonyl (C=O) groups excluding carboxylic acids is 1. The minimum Gasteiger partial charge on any atom is -0.494 e. The highest BCUT2D eigenvalue weighted by Crippen LogP contribution is 2.33. The number of benzene rings is 3. The number of likely N-dealkylation sites (N-methyl/N-ethyl adjacent to an activating group) is 1. The molecule has 0 saturated heterocycles. The minimum absolute atomic E-state index is 0.262. The molecule has 4 aromatic rings. The number of methoxy groups -OCH3 is 1. The van der Waals surface area contributed by atoms with Gasteiger partial charge in [-0.2, -0.15) is 5.26 Å². The number of aromatic nitrogens is 2. The molecule has 0 fully saturated rings. The van der Waals surface area contributed by atoms with E-state index < -0.39 is 0 Å². The van der Waals surface area contributed by atoms with Gasteiger partial charge in [-0.15, -0.1) is 0 Å². The molecule has 0 aliphatic rings. The molecule has 4 rings (SSSR count). The largest absolute Gasteiger partial charge is 0.494 e. The lowest BCUT2D eigenvalue weighted by molar-refractivity contribution is -0.111. The van der Waals surface area contributed by atoms with Gasteiger partial charge in [-0.25, -0.2) is 9.97 Å². The molecular formula is C28H26N6O3. The van der Waals surface area contributed by atoms with E-state index >= 15 is 0 Å². The van der Waals surface area contributed by atoms with Crippen molar-refractivity contribution in [2.45, 2.75) is 0 Å². The maximum atomic E-state index is 12.4. The Kier molecular flexibility index (Phi) is 7.93. The Morgan fingerprint density at radius 3 is 2.62 bits per heavy atom. The zero-order chi connectivity index (χ0) is 26.2. The van der Waals surface area contributed by atoms with Gasteiger partial charge in [0.05, 0.1) is 29.9 Å². The molecule has 2 N–H and O–H groups in total. The van der Waals surface area contributed by atoms with E-state index in [0.29, 0.717) is 51.8 Å². The fraction of sp³-hybridized carbons (Fsp3) is 0.143. The summed E-state index contributed by atoms with van der Waals surface area (Å²) in [5, 5.41) is 15.9. The average molecular weight is 495 g/mol. The first-order valence-electron chi connectivity index (χ1n) is 11.5. The summed E-state index contributed by atoms with van der Waals surface area (Å²) >= 11 is 0. The van der Waals surface area contributed by atoms with Gasteiger partial charge >= 0.3 is 0 Å². The molecule has 0 aliphatic carbocycles. The van der Waals surface area contributed by atoms with Crippen molar-refractivity contribution in [3.05, 3.63) is 84.7 Å². The van der Waals surface area contributed by atoms with E-state index in [9.17, 15) is 4.79 Å². The lowest BCUT2D eigenvalue weighted by Gasteiger charge is -2.13. The lowest BCUT2D eigenvalue weighted by Crippen LogP contribution is -2.13. The van der Waals surface area contributed by atoms with Crippen LogP contribution in [0.2, 0.25) is 0 Å². The van der Waals surface area contributed by atoms with Crippen LogP contribution in [-0.4, -0.2) is 48.5 Å². The van der Waals surface area contributed by atoms with E-state index in [-0.39, 0.29) is 5.91 Å². The maximum absolute atomic E-state index is 12.4. The first kappa shape index (κ1) is 25.2. The van der Waals surface area contributed by atoms with Crippen molar-refractivity contribution in [1.29, 1.82) is 5.26 Å². The highest BCUT2D eigenvalue weighted by atomic mass is 16.5. The van der Waals surface area contributed by atoms with Crippen LogP contribution < -0.4 is 20.1 Å². The van der Waals surface area contributed by atoms with Crippen LogP contribution in [0.25, 0.3) is 10.9 Å². The molecule has 0 radical (unpaired) electrons. The van der Waals surface area contributed by atoms with Crippen molar-refractivity contribution >= 4 is 34.0 Å². The second-order valence-corrected chi connectivity index (χ2v) is 8.34. The number of carbonyl (C=O) groups is 1. The smallest absolute Gasteiger partial charge is 0.248 e. The number of hydrogen-bond acceptors (Lipinski definition) is 8. The Balaban J connectivity index is 1.54. The van der Waals surface area contributed by atoms with Crippen molar-refractivity contribution in [2.24, 2.45) is 0 Å². The number of fused-ring (bicyclic) bond motifs is 1. The van der Waals surface area contributed by atoms with Crippen LogP contribution in [0.4, 0.5) is 17.2 Å². The number of nitrogens with zero attached hydrogens (tertiary/aromatic N) is 4. The van der Waals surface area contributed by atoms with Crippen LogP contribution in [0.3, 0.4) is 0 Å². The average Bonchev–Trinajstić information content (AvgIpc) is 2.89. The molecule has 186 valence electrons. The number of ether oxygens (including phenoxy) is 2. The molecule has 1 amide bonds. The van der Waals surface area contributed by atoms with Crippen molar-refractivity contribution < 1.29 is 14.3 Å². The molecule has 0 saturated carbocycles. The fourth-order valence-electron chi connectivity index (χ4n) is 3.50. The highest BCUT2D eigenvalue weighted by Gasteiger charge is 2.12. The molecule has 1 heterocycles. The third-order valence-corrected chi connectivity index (χ3v) is 5.27. The second-order valence-electron chi connectivity index (χ2n) is 8.34. The Morgan fingerprint density at radius 1 is 1.08 bits per heavy atom.